The number of rotatable bonds is 6. The van der Waals surface area contributed by atoms with E-state index < -0.39 is 0 Å². The lowest BCUT2D eigenvalue weighted by Crippen LogP contribution is -2.38. The first-order valence-corrected chi connectivity index (χ1v) is 7.14. The van der Waals surface area contributed by atoms with Crippen LogP contribution in [0.4, 0.5) is 0 Å². The monoisotopic (exact) mass is 260 g/mol. The lowest BCUT2D eigenvalue weighted by molar-refractivity contribution is 0.239. The van der Waals surface area contributed by atoms with E-state index in [4.69, 9.17) is 5.73 Å². The van der Waals surface area contributed by atoms with Crippen molar-refractivity contribution in [3.8, 4) is 0 Å². The Bertz CT molecular complexity index is 439. The van der Waals surface area contributed by atoms with Crippen LogP contribution in [0.25, 0.3) is 0 Å². The lowest BCUT2D eigenvalue weighted by Gasteiger charge is -2.26. The molecular formula is C15H20N2S. The summed E-state index contributed by atoms with van der Waals surface area (Å²) < 4.78 is 0. The summed E-state index contributed by atoms with van der Waals surface area (Å²) in [4.78, 5) is 3.74. The van der Waals surface area contributed by atoms with E-state index in [1.165, 1.54) is 10.4 Å². The molecule has 2 aromatic rings. The van der Waals surface area contributed by atoms with Gasteiger partial charge in [0.2, 0.25) is 0 Å². The first-order chi connectivity index (χ1) is 8.79. The molecule has 1 atom stereocenters. The van der Waals surface area contributed by atoms with Gasteiger partial charge in [0.15, 0.2) is 0 Å². The molecule has 0 bridgehead atoms. The highest BCUT2D eigenvalue weighted by molar-refractivity contribution is 7.09. The van der Waals surface area contributed by atoms with Crippen LogP contribution in [0.2, 0.25) is 0 Å². The smallest absolute Gasteiger partial charge is 0.0328 e. The fraction of sp³-hybridized carbons (Fsp3) is 0.333. The zero-order valence-electron chi connectivity index (χ0n) is 10.8. The van der Waals surface area contributed by atoms with E-state index in [0.29, 0.717) is 12.6 Å². The van der Waals surface area contributed by atoms with Crippen molar-refractivity contribution in [1.29, 1.82) is 0 Å². The predicted molar refractivity (Wildman–Crippen MR) is 78.8 cm³/mol. The quantitative estimate of drug-likeness (QED) is 0.865. The third kappa shape index (κ3) is 3.67. The molecule has 1 heterocycles. The van der Waals surface area contributed by atoms with Crippen LogP contribution in [0, 0.1) is 0 Å². The first kappa shape index (κ1) is 13.3. The summed E-state index contributed by atoms with van der Waals surface area (Å²) in [5.41, 5.74) is 7.26. The highest BCUT2D eigenvalue weighted by Crippen LogP contribution is 2.14. The fourth-order valence-corrected chi connectivity index (χ4v) is 2.85. The Morgan fingerprint density at radius 2 is 1.94 bits per heavy atom. The van der Waals surface area contributed by atoms with Crippen LogP contribution in [0.1, 0.15) is 10.4 Å². The molecule has 2 N–H and O–H groups in total. The number of nitrogens with zero attached hydrogens (tertiary/aromatic N) is 1. The first-order valence-electron chi connectivity index (χ1n) is 6.26. The van der Waals surface area contributed by atoms with Crippen molar-refractivity contribution in [3.05, 3.63) is 58.3 Å². The molecule has 2 nitrogen and oxygen atoms in total. The zero-order valence-corrected chi connectivity index (χ0v) is 11.6. The molecule has 0 saturated heterocycles. The second kappa shape index (κ2) is 6.69. The Balaban J connectivity index is 1.95. The van der Waals surface area contributed by atoms with Gasteiger partial charge in [0, 0.05) is 24.0 Å². The van der Waals surface area contributed by atoms with Gasteiger partial charge in [-0.25, -0.2) is 0 Å². The van der Waals surface area contributed by atoms with Gasteiger partial charge in [0.1, 0.15) is 0 Å². The van der Waals surface area contributed by atoms with E-state index >= 15 is 0 Å². The van der Waals surface area contributed by atoms with E-state index in [1.54, 1.807) is 11.3 Å². The summed E-state index contributed by atoms with van der Waals surface area (Å²) in [5.74, 6) is 0. The highest BCUT2D eigenvalue weighted by Gasteiger charge is 2.14. The molecule has 0 aliphatic heterocycles. The molecule has 0 radical (unpaired) electrons. The molecular weight excluding hydrogens is 240 g/mol. The van der Waals surface area contributed by atoms with Gasteiger partial charge in [-0.3, -0.25) is 4.90 Å². The molecule has 0 aliphatic rings. The maximum Gasteiger partial charge on any atom is 0.0328 e. The lowest BCUT2D eigenvalue weighted by atomic mass is 10.1. The van der Waals surface area contributed by atoms with Crippen molar-refractivity contribution in [1.82, 2.24) is 4.90 Å². The Morgan fingerprint density at radius 3 is 2.56 bits per heavy atom. The Hall–Kier alpha value is -1.16. The minimum absolute atomic E-state index is 0.398. The van der Waals surface area contributed by atoms with Gasteiger partial charge in [-0.2, -0.15) is 0 Å². The molecule has 0 aliphatic carbocycles. The average Bonchev–Trinajstić information content (AvgIpc) is 2.90. The van der Waals surface area contributed by atoms with Crippen molar-refractivity contribution < 1.29 is 0 Å². The number of likely N-dealkylation sites (N-methyl/N-ethyl adjacent to an activating group) is 1. The Kier molecular flexibility index (Phi) is 4.93. The largest absolute Gasteiger partial charge is 0.329 e. The Morgan fingerprint density at radius 1 is 1.17 bits per heavy atom. The van der Waals surface area contributed by atoms with Crippen LogP contribution in [0.5, 0.6) is 0 Å². The van der Waals surface area contributed by atoms with Gasteiger partial charge in [-0.1, -0.05) is 36.4 Å². The van der Waals surface area contributed by atoms with E-state index in [2.05, 4.69) is 59.8 Å². The van der Waals surface area contributed by atoms with E-state index in [0.717, 1.165) is 13.0 Å². The van der Waals surface area contributed by atoms with Crippen LogP contribution in [0.15, 0.2) is 47.8 Å². The van der Waals surface area contributed by atoms with Gasteiger partial charge in [-0.05, 0) is 30.5 Å². The van der Waals surface area contributed by atoms with E-state index in [1.807, 2.05) is 0 Å². The molecule has 0 amide bonds. The molecule has 0 fully saturated rings. The summed E-state index contributed by atoms with van der Waals surface area (Å²) in [5, 5.41) is 2.12. The van der Waals surface area contributed by atoms with Gasteiger partial charge in [0.05, 0.1) is 0 Å². The molecule has 0 saturated carbocycles. The maximum absolute atomic E-state index is 5.91. The molecule has 3 heteroatoms. The van der Waals surface area contributed by atoms with Crippen LogP contribution < -0.4 is 5.73 Å². The fourth-order valence-electron chi connectivity index (χ4n) is 2.08. The van der Waals surface area contributed by atoms with Crippen molar-refractivity contribution in [2.45, 2.75) is 19.0 Å². The van der Waals surface area contributed by atoms with Gasteiger partial charge >= 0.3 is 0 Å². The van der Waals surface area contributed by atoms with Crippen molar-refractivity contribution >= 4 is 11.3 Å². The van der Waals surface area contributed by atoms with E-state index in [-0.39, 0.29) is 0 Å². The molecule has 18 heavy (non-hydrogen) atoms. The molecule has 2 rings (SSSR count). The third-order valence-corrected chi connectivity index (χ3v) is 4.06. The average molecular weight is 260 g/mol. The summed E-state index contributed by atoms with van der Waals surface area (Å²) >= 11 is 1.80. The minimum atomic E-state index is 0.398. The van der Waals surface area contributed by atoms with Crippen LogP contribution in [0.3, 0.4) is 0 Å². The van der Waals surface area contributed by atoms with Crippen LogP contribution in [-0.2, 0) is 13.0 Å². The van der Waals surface area contributed by atoms with Gasteiger partial charge in [-0.15, -0.1) is 11.3 Å². The number of thiophene rings is 1. The van der Waals surface area contributed by atoms with Gasteiger partial charge in [0.25, 0.3) is 0 Å². The number of benzene rings is 1. The Labute approximate surface area is 113 Å². The predicted octanol–water partition coefficient (Wildman–Crippen LogP) is 2.75. The second-order valence-electron chi connectivity index (χ2n) is 4.57. The molecule has 96 valence electrons. The van der Waals surface area contributed by atoms with Crippen molar-refractivity contribution in [2.75, 3.05) is 13.6 Å². The maximum atomic E-state index is 5.91. The summed E-state index contributed by atoms with van der Waals surface area (Å²) in [6.45, 7) is 1.67. The van der Waals surface area contributed by atoms with E-state index in [9.17, 15) is 0 Å². The molecule has 1 unspecified atom stereocenters. The minimum Gasteiger partial charge on any atom is -0.329 e. The third-order valence-electron chi connectivity index (χ3n) is 3.19. The topological polar surface area (TPSA) is 29.3 Å². The number of nitrogens with two attached hydrogens (primary N) is 1. The number of hydrogen-bond donors (Lipinski definition) is 1. The van der Waals surface area contributed by atoms with Crippen molar-refractivity contribution in [2.24, 2.45) is 5.73 Å². The standard InChI is InChI=1S/C15H20N2S/c1-17(12-15-8-5-9-18-15)14(11-16)10-13-6-3-2-4-7-13/h2-9,14H,10-12,16H2,1H3. The van der Waals surface area contributed by atoms with Crippen LogP contribution >= 0.6 is 11.3 Å². The summed E-state index contributed by atoms with van der Waals surface area (Å²) in [6, 6.07) is 15.2. The molecule has 0 spiro atoms. The number of hydrogen-bond acceptors (Lipinski definition) is 3. The highest BCUT2D eigenvalue weighted by atomic mass is 32.1. The molecule has 1 aromatic heterocycles. The molecule has 1 aromatic carbocycles. The SMILES string of the molecule is CN(Cc1cccs1)C(CN)Cc1ccccc1. The summed E-state index contributed by atoms with van der Waals surface area (Å²) in [6.07, 6.45) is 1.01. The van der Waals surface area contributed by atoms with Crippen molar-refractivity contribution in [3.63, 3.8) is 0 Å². The zero-order chi connectivity index (χ0) is 12.8. The van der Waals surface area contributed by atoms with Crippen LogP contribution in [-0.4, -0.2) is 24.5 Å². The second-order valence-corrected chi connectivity index (χ2v) is 5.61. The van der Waals surface area contributed by atoms with Gasteiger partial charge < -0.3 is 5.73 Å². The summed E-state index contributed by atoms with van der Waals surface area (Å²) in [7, 11) is 2.15. The normalized spacial score (nSPS) is 12.8.